The first-order chi connectivity index (χ1) is 11.9. The summed E-state index contributed by atoms with van der Waals surface area (Å²) in [5.41, 5.74) is 0.399. The van der Waals surface area contributed by atoms with E-state index in [9.17, 15) is 14.9 Å². The van der Waals surface area contributed by atoms with Gasteiger partial charge in [-0.25, -0.2) is 4.98 Å². The van der Waals surface area contributed by atoms with Crippen LogP contribution in [0.15, 0.2) is 30.5 Å². The molecule has 0 atom stereocenters. The molecule has 0 saturated carbocycles. The van der Waals surface area contributed by atoms with Gasteiger partial charge in [0.05, 0.1) is 16.6 Å². The number of benzene rings is 1. The molecule has 0 bridgehead atoms. The minimum Gasteiger partial charge on any atom is -0.492 e. The van der Waals surface area contributed by atoms with Crippen LogP contribution in [-0.4, -0.2) is 22.4 Å². The summed E-state index contributed by atoms with van der Waals surface area (Å²) in [7, 11) is 0. The van der Waals surface area contributed by atoms with E-state index in [1.54, 1.807) is 25.1 Å². The molecular weight excluding hydrogens is 369 g/mol. The number of nitro groups is 1. The molecule has 0 spiro atoms. The lowest BCUT2D eigenvalue weighted by atomic mass is 10.2. The maximum absolute atomic E-state index is 11.9. The van der Waals surface area contributed by atoms with Gasteiger partial charge in [-0.1, -0.05) is 23.2 Å². The van der Waals surface area contributed by atoms with E-state index in [1.807, 2.05) is 0 Å². The van der Waals surface area contributed by atoms with Crippen LogP contribution in [0.4, 0.5) is 11.5 Å². The average molecular weight is 384 g/mol. The number of aromatic nitrogens is 1. The zero-order valence-corrected chi connectivity index (χ0v) is 14.8. The Morgan fingerprint density at radius 2 is 2.12 bits per heavy atom. The number of nitrogens with zero attached hydrogens (tertiary/aromatic N) is 2. The van der Waals surface area contributed by atoms with E-state index in [1.165, 1.54) is 6.07 Å². The van der Waals surface area contributed by atoms with Gasteiger partial charge in [0.15, 0.2) is 0 Å². The second kappa shape index (κ2) is 8.64. The SMILES string of the molecule is Cc1cc([N+](=O)[O-])cnc1NC(=O)CCCOc1ccc(Cl)cc1Cl. The summed E-state index contributed by atoms with van der Waals surface area (Å²) in [6.45, 7) is 1.95. The average Bonchev–Trinajstić information content (AvgIpc) is 2.55. The number of hydrogen-bond donors (Lipinski definition) is 1. The molecule has 0 fully saturated rings. The van der Waals surface area contributed by atoms with Crippen LogP contribution in [-0.2, 0) is 4.79 Å². The number of ether oxygens (including phenoxy) is 1. The van der Waals surface area contributed by atoms with Gasteiger partial charge in [0.2, 0.25) is 5.91 Å². The monoisotopic (exact) mass is 383 g/mol. The van der Waals surface area contributed by atoms with Crippen LogP contribution in [0.25, 0.3) is 0 Å². The molecule has 0 aliphatic rings. The van der Waals surface area contributed by atoms with Gasteiger partial charge < -0.3 is 10.1 Å². The largest absolute Gasteiger partial charge is 0.492 e. The van der Waals surface area contributed by atoms with E-state index < -0.39 is 4.92 Å². The maximum atomic E-state index is 11.9. The van der Waals surface area contributed by atoms with E-state index in [2.05, 4.69) is 10.3 Å². The number of carbonyl (C=O) groups excluding carboxylic acids is 1. The van der Waals surface area contributed by atoms with Crippen LogP contribution >= 0.6 is 23.2 Å². The number of aryl methyl sites for hydroxylation is 1. The summed E-state index contributed by atoms with van der Waals surface area (Å²) >= 11 is 11.8. The smallest absolute Gasteiger partial charge is 0.287 e. The molecule has 0 saturated heterocycles. The summed E-state index contributed by atoms with van der Waals surface area (Å²) in [4.78, 5) is 26.0. The van der Waals surface area contributed by atoms with Crippen molar-refractivity contribution in [3.8, 4) is 5.75 Å². The van der Waals surface area contributed by atoms with E-state index >= 15 is 0 Å². The highest BCUT2D eigenvalue weighted by molar-refractivity contribution is 6.35. The second-order valence-corrected chi connectivity index (χ2v) is 6.03. The molecule has 0 unspecified atom stereocenters. The van der Waals surface area contributed by atoms with Gasteiger partial charge in [-0.15, -0.1) is 0 Å². The van der Waals surface area contributed by atoms with Crippen LogP contribution in [0, 0.1) is 17.0 Å². The third-order valence-corrected chi connectivity index (χ3v) is 3.76. The van der Waals surface area contributed by atoms with E-state index in [0.717, 1.165) is 6.20 Å². The number of halogens is 2. The summed E-state index contributed by atoms with van der Waals surface area (Å²) in [6.07, 6.45) is 1.79. The fourth-order valence-electron chi connectivity index (χ4n) is 1.99. The predicted octanol–water partition coefficient (Wildman–Crippen LogP) is 4.40. The van der Waals surface area contributed by atoms with Crippen molar-refractivity contribution in [1.29, 1.82) is 0 Å². The Balaban J connectivity index is 1.80. The molecule has 25 heavy (non-hydrogen) atoms. The molecule has 1 aromatic carbocycles. The first kappa shape index (κ1) is 19.0. The highest BCUT2D eigenvalue weighted by Crippen LogP contribution is 2.27. The van der Waals surface area contributed by atoms with Crippen LogP contribution in [0.5, 0.6) is 5.75 Å². The summed E-state index contributed by atoms with van der Waals surface area (Å²) in [5.74, 6) is 0.548. The number of amides is 1. The van der Waals surface area contributed by atoms with E-state index in [4.69, 9.17) is 27.9 Å². The number of hydrogen-bond acceptors (Lipinski definition) is 5. The first-order valence-electron chi connectivity index (χ1n) is 7.35. The van der Waals surface area contributed by atoms with Gasteiger partial charge in [-0.2, -0.15) is 0 Å². The molecule has 0 aliphatic heterocycles. The maximum Gasteiger partial charge on any atom is 0.287 e. The lowest BCUT2D eigenvalue weighted by molar-refractivity contribution is -0.385. The quantitative estimate of drug-likeness (QED) is 0.434. The van der Waals surface area contributed by atoms with E-state index in [-0.39, 0.29) is 18.0 Å². The molecule has 1 amide bonds. The zero-order chi connectivity index (χ0) is 18.4. The molecule has 1 N–H and O–H groups in total. The van der Waals surface area contributed by atoms with Crippen molar-refractivity contribution in [3.63, 3.8) is 0 Å². The molecular formula is C16H15Cl2N3O4. The molecule has 7 nitrogen and oxygen atoms in total. The van der Waals surface area contributed by atoms with Gasteiger partial charge in [0.25, 0.3) is 5.69 Å². The topological polar surface area (TPSA) is 94.4 Å². The number of nitrogens with one attached hydrogen (secondary N) is 1. The number of pyridine rings is 1. The summed E-state index contributed by atoms with van der Waals surface area (Å²) in [5, 5.41) is 14.2. The Morgan fingerprint density at radius 3 is 2.76 bits per heavy atom. The van der Waals surface area contributed by atoms with Gasteiger partial charge >= 0.3 is 0 Å². The normalized spacial score (nSPS) is 10.4. The number of carbonyl (C=O) groups is 1. The van der Waals surface area contributed by atoms with Gasteiger partial charge in [-0.3, -0.25) is 14.9 Å². The number of rotatable bonds is 7. The van der Waals surface area contributed by atoms with Crippen LogP contribution in [0.2, 0.25) is 10.0 Å². The van der Waals surface area contributed by atoms with Crippen molar-refractivity contribution in [2.75, 3.05) is 11.9 Å². The molecule has 0 radical (unpaired) electrons. The molecule has 132 valence electrons. The third-order valence-electron chi connectivity index (χ3n) is 3.23. The van der Waals surface area contributed by atoms with Crippen LogP contribution in [0.1, 0.15) is 18.4 Å². The zero-order valence-electron chi connectivity index (χ0n) is 13.3. The lowest BCUT2D eigenvalue weighted by Crippen LogP contribution is -2.14. The molecule has 2 aromatic rings. The minimum absolute atomic E-state index is 0.122. The van der Waals surface area contributed by atoms with Crippen molar-refractivity contribution in [2.24, 2.45) is 0 Å². The number of anilines is 1. The Labute approximate surface area is 154 Å². The Bertz CT molecular complexity index is 799. The van der Waals surface area contributed by atoms with Crippen molar-refractivity contribution in [3.05, 3.63) is 56.2 Å². The van der Waals surface area contributed by atoms with Crippen molar-refractivity contribution < 1.29 is 14.5 Å². The second-order valence-electron chi connectivity index (χ2n) is 5.19. The Hall–Kier alpha value is -2.38. The van der Waals surface area contributed by atoms with Gasteiger partial charge in [-0.05, 0) is 37.1 Å². The molecule has 0 aliphatic carbocycles. The van der Waals surface area contributed by atoms with Gasteiger partial charge in [0.1, 0.15) is 17.8 Å². The fourth-order valence-corrected chi connectivity index (χ4v) is 2.46. The third kappa shape index (κ3) is 5.58. The standard InChI is InChI=1S/C16H15Cl2N3O4/c1-10-7-12(21(23)24)9-19-16(10)20-15(22)3-2-6-25-14-5-4-11(17)8-13(14)18/h4-5,7-9H,2-3,6H2,1H3,(H,19,20,22). The fraction of sp³-hybridized carbons (Fsp3) is 0.250. The molecule has 2 rings (SSSR count). The highest BCUT2D eigenvalue weighted by atomic mass is 35.5. The van der Waals surface area contributed by atoms with Crippen molar-refractivity contribution in [1.82, 2.24) is 4.98 Å². The summed E-state index contributed by atoms with van der Waals surface area (Å²) < 4.78 is 5.50. The van der Waals surface area contributed by atoms with Gasteiger partial charge in [0, 0.05) is 17.5 Å². The summed E-state index contributed by atoms with van der Waals surface area (Å²) in [6, 6.07) is 6.26. The van der Waals surface area contributed by atoms with E-state index in [0.29, 0.717) is 40.2 Å². The first-order valence-corrected chi connectivity index (χ1v) is 8.11. The Morgan fingerprint density at radius 1 is 1.36 bits per heavy atom. The van der Waals surface area contributed by atoms with Crippen molar-refractivity contribution in [2.45, 2.75) is 19.8 Å². The molecule has 1 heterocycles. The predicted molar refractivity (Wildman–Crippen MR) is 95.4 cm³/mol. The van der Waals surface area contributed by atoms with Crippen LogP contribution in [0.3, 0.4) is 0 Å². The molecule has 9 heteroatoms. The minimum atomic E-state index is -0.537. The highest BCUT2D eigenvalue weighted by Gasteiger charge is 2.11. The lowest BCUT2D eigenvalue weighted by Gasteiger charge is -2.09. The van der Waals surface area contributed by atoms with Crippen molar-refractivity contribution >= 4 is 40.6 Å². The Kier molecular flexibility index (Phi) is 6.55. The molecule has 1 aromatic heterocycles. The van der Waals surface area contributed by atoms with Crippen LogP contribution < -0.4 is 10.1 Å².